The van der Waals surface area contributed by atoms with Gasteiger partial charge in [-0.1, -0.05) is 35.9 Å². The lowest BCUT2D eigenvalue weighted by atomic mass is 10.0. The molecule has 4 amide bonds. The third-order valence-corrected chi connectivity index (χ3v) is 7.21. The molecule has 1 atom stereocenters. The quantitative estimate of drug-likeness (QED) is 0.496. The molecule has 1 unspecified atom stereocenters. The van der Waals surface area contributed by atoms with Crippen molar-refractivity contribution >= 4 is 51.7 Å². The van der Waals surface area contributed by atoms with E-state index >= 15 is 0 Å². The van der Waals surface area contributed by atoms with Gasteiger partial charge in [0.05, 0.1) is 6.42 Å². The molecule has 2 aromatic carbocycles. The molecule has 1 aromatic heterocycles. The lowest BCUT2D eigenvalue weighted by molar-refractivity contribution is -0.137. The minimum atomic E-state index is -0.661. The van der Waals surface area contributed by atoms with Crippen molar-refractivity contribution in [3.05, 3.63) is 80.8 Å². The molecule has 2 N–H and O–H groups in total. The maximum atomic E-state index is 13.0. The van der Waals surface area contributed by atoms with Gasteiger partial charge in [-0.2, -0.15) is 0 Å². The van der Waals surface area contributed by atoms with Gasteiger partial charge in [-0.15, -0.1) is 11.3 Å². The number of rotatable bonds is 6. The molecule has 10 heteroatoms. The lowest BCUT2D eigenvalue weighted by Crippen LogP contribution is -2.52. The number of halogens is 1. The zero-order chi connectivity index (χ0) is 24.5. The summed E-state index contributed by atoms with van der Waals surface area (Å²) in [7, 11) is 0. The van der Waals surface area contributed by atoms with Crippen LogP contribution in [0.2, 0.25) is 5.02 Å². The first-order valence-corrected chi connectivity index (χ1v) is 12.3. The SMILES string of the molecule is O=C1CCC(N2Cc3ccc(CC(=O)Nc4ncc(Cc5ccc(Cl)cc5)s4)cc3C2=O)C(=O)N1. The fourth-order valence-electron chi connectivity index (χ4n) is 4.31. The molecule has 178 valence electrons. The van der Waals surface area contributed by atoms with Gasteiger partial charge < -0.3 is 10.2 Å². The monoisotopic (exact) mass is 508 g/mol. The highest BCUT2D eigenvalue weighted by molar-refractivity contribution is 7.15. The molecule has 2 aliphatic rings. The predicted octanol–water partition coefficient (Wildman–Crippen LogP) is 3.33. The van der Waals surface area contributed by atoms with Crippen LogP contribution in [0, 0.1) is 0 Å². The smallest absolute Gasteiger partial charge is 0.255 e. The Hall–Kier alpha value is -3.56. The van der Waals surface area contributed by atoms with Gasteiger partial charge in [-0.25, -0.2) is 4.98 Å². The highest BCUT2D eigenvalue weighted by atomic mass is 35.5. The number of thiazole rings is 1. The van der Waals surface area contributed by atoms with Crippen molar-refractivity contribution < 1.29 is 19.2 Å². The van der Waals surface area contributed by atoms with E-state index in [2.05, 4.69) is 15.6 Å². The number of aromatic nitrogens is 1. The van der Waals surface area contributed by atoms with Crippen LogP contribution in [0.15, 0.2) is 48.7 Å². The van der Waals surface area contributed by atoms with Crippen LogP contribution in [0.4, 0.5) is 5.13 Å². The molecule has 35 heavy (non-hydrogen) atoms. The minimum Gasteiger partial charge on any atom is -0.322 e. The molecular formula is C25H21ClN4O4S. The number of hydrogen-bond donors (Lipinski definition) is 2. The van der Waals surface area contributed by atoms with Gasteiger partial charge in [0.2, 0.25) is 17.7 Å². The number of benzene rings is 2. The average Bonchev–Trinajstić information content (AvgIpc) is 3.39. The predicted molar refractivity (Wildman–Crippen MR) is 131 cm³/mol. The fourth-order valence-corrected chi connectivity index (χ4v) is 5.30. The van der Waals surface area contributed by atoms with Crippen molar-refractivity contribution in [2.75, 3.05) is 5.32 Å². The van der Waals surface area contributed by atoms with E-state index in [4.69, 9.17) is 11.6 Å². The van der Waals surface area contributed by atoms with Crippen molar-refractivity contribution in [2.45, 2.75) is 38.3 Å². The van der Waals surface area contributed by atoms with E-state index in [-0.39, 0.29) is 30.6 Å². The summed E-state index contributed by atoms with van der Waals surface area (Å²) in [6.07, 6.45) is 3.05. The number of hydrogen-bond acceptors (Lipinski definition) is 6. The lowest BCUT2D eigenvalue weighted by Gasteiger charge is -2.29. The summed E-state index contributed by atoms with van der Waals surface area (Å²) in [5.41, 5.74) is 3.08. The van der Waals surface area contributed by atoms with E-state index in [1.54, 1.807) is 12.3 Å². The van der Waals surface area contributed by atoms with E-state index in [1.165, 1.54) is 16.2 Å². The number of imide groups is 1. The van der Waals surface area contributed by atoms with Gasteiger partial charge in [-0.3, -0.25) is 24.5 Å². The molecule has 0 aliphatic carbocycles. The average molecular weight is 509 g/mol. The molecule has 0 radical (unpaired) electrons. The summed E-state index contributed by atoms with van der Waals surface area (Å²) < 4.78 is 0. The van der Waals surface area contributed by atoms with Gasteiger partial charge in [0, 0.05) is 41.0 Å². The number of nitrogens with one attached hydrogen (secondary N) is 2. The van der Waals surface area contributed by atoms with Crippen LogP contribution in [0.3, 0.4) is 0 Å². The van der Waals surface area contributed by atoms with Crippen LogP contribution < -0.4 is 10.6 Å². The summed E-state index contributed by atoms with van der Waals surface area (Å²) in [5.74, 6) is -1.25. The molecule has 8 nitrogen and oxygen atoms in total. The van der Waals surface area contributed by atoms with Gasteiger partial charge >= 0.3 is 0 Å². The Kier molecular flexibility index (Phi) is 6.36. The Morgan fingerprint density at radius 3 is 2.69 bits per heavy atom. The topological polar surface area (TPSA) is 108 Å². The van der Waals surface area contributed by atoms with Gasteiger partial charge in [-0.05, 0) is 41.3 Å². The molecule has 1 fully saturated rings. The summed E-state index contributed by atoms with van der Waals surface area (Å²) in [6, 6.07) is 12.3. The van der Waals surface area contributed by atoms with Crippen molar-refractivity contribution in [1.82, 2.24) is 15.2 Å². The second-order valence-electron chi connectivity index (χ2n) is 8.55. The van der Waals surface area contributed by atoms with Crippen LogP contribution in [-0.4, -0.2) is 39.6 Å². The Morgan fingerprint density at radius 1 is 1.14 bits per heavy atom. The Morgan fingerprint density at radius 2 is 1.91 bits per heavy atom. The molecular weight excluding hydrogens is 488 g/mol. The first kappa shape index (κ1) is 23.2. The van der Waals surface area contributed by atoms with Crippen LogP contribution >= 0.6 is 22.9 Å². The molecule has 2 aliphatic heterocycles. The molecule has 0 saturated carbocycles. The summed E-state index contributed by atoms with van der Waals surface area (Å²) in [6.45, 7) is 0.308. The number of carbonyl (C=O) groups is 4. The molecule has 3 heterocycles. The Balaban J connectivity index is 1.20. The van der Waals surface area contributed by atoms with Gasteiger partial charge in [0.25, 0.3) is 5.91 Å². The van der Waals surface area contributed by atoms with Crippen molar-refractivity contribution in [2.24, 2.45) is 0 Å². The molecule has 0 spiro atoms. The van der Waals surface area contributed by atoms with Crippen molar-refractivity contribution in [3.63, 3.8) is 0 Å². The normalized spacial score (nSPS) is 17.3. The first-order chi connectivity index (χ1) is 16.9. The van der Waals surface area contributed by atoms with Crippen molar-refractivity contribution in [3.8, 4) is 0 Å². The van der Waals surface area contributed by atoms with Crippen LogP contribution in [0.5, 0.6) is 0 Å². The largest absolute Gasteiger partial charge is 0.322 e. The molecule has 1 saturated heterocycles. The van der Waals surface area contributed by atoms with E-state index < -0.39 is 11.9 Å². The van der Waals surface area contributed by atoms with Gasteiger partial charge in [0.15, 0.2) is 5.13 Å². The third kappa shape index (κ3) is 5.11. The second kappa shape index (κ2) is 9.59. The second-order valence-corrected chi connectivity index (χ2v) is 10.1. The fraction of sp³-hybridized carbons (Fsp3) is 0.240. The number of fused-ring (bicyclic) bond motifs is 1. The van der Waals surface area contributed by atoms with Gasteiger partial charge in [0.1, 0.15) is 6.04 Å². The third-order valence-electron chi connectivity index (χ3n) is 6.05. The van der Waals surface area contributed by atoms with E-state index in [1.807, 2.05) is 36.4 Å². The summed E-state index contributed by atoms with van der Waals surface area (Å²) in [5, 5.41) is 6.32. The Bertz CT molecular complexity index is 1340. The van der Waals surface area contributed by atoms with Crippen LogP contribution in [0.1, 0.15) is 44.8 Å². The maximum Gasteiger partial charge on any atom is 0.255 e. The van der Waals surface area contributed by atoms with E-state index in [9.17, 15) is 19.2 Å². The number of amides is 4. The van der Waals surface area contributed by atoms with E-state index in [0.717, 1.165) is 16.0 Å². The maximum absolute atomic E-state index is 13.0. The standard InChI is InChI=1S/C25H21ClN4O4S/c26-17-5-2-14(3-6-17)9-18-12-27-25(35-18)29-22(32)11-15-1-4-16-13-30(24(34)19(16)10-15)20-7-8-21(31)28-23(20)33/h1-6,10,12,20H,7-9,11,13H2,(H,27,29,32)(H,28,31,33). The minimum absolute atomic E-state index is 0.0884. The number of piperidine rings is 1. The molecule has 0 bridgehead atoms. The van der Waals surface area contributed by atoms with Crippen molar-refractivity contribution in [1.29, 1.82) is 0 Å². The summed E-state index contributed by atoms with van der Waals surface area (Å²) in [4.78, 5) is 56.0. The van der Waals surface area contributed by atoms with Crippen LogP contribution in [0.25, 0.3) is 0 Å². The molecule has 5 rings (SSSR count). The first-order valence-electron chi connectivity index (χ1n) is 11.1. The number of carbonyl (C=O) groups excluding carboxylic acids is 4. The number of anilines is 1. The zero-order valence-electron chi connectivity index (χ0n) is 18.5. The van der Waals surface area contributed by atoms with E-state index in [0.29, 0.717) is 40.7 Å². The highest BCUT2D eigenvalue weighted by Gasteiger charge is 2.39. The number of nitrogens with zero attached hydrogens (tertiary/aromatic N) is 2. The van der Waals surface area contributed by atoms with Crippen LogP contribution in [-0.2, 0) is 33.8 Å². The highest BCUT2D eigenvalue weighted by Crippen LogP contribution is 2.28. The summed E-state index contributed by atoms with van der Waals surface area (Å²) >= 11 is 7.34. The molecule has 3 aromatic rings. The Labute approximate surface area is 210 Å². The zero-order valence-corrected chi connectivity index (χ0v) is 20.1.